The molecule has 2 amide bonds. The number of nitrogens with zero attached hydrogens (tertiary/aromatic N) is 1. The second kappa shape index (κ2) is 10.6. The van der Waals surface area contributed by atoms with Crippen LogP contribution < -0.4 is 9.47 Å². The molecule has 0 radical (unpaired) electrons. The van der Waals surface area contributed by atoms with Crippen molar-refractivity contribution in [1.29, 1.82) is 0 Å². The van der Waals surface area contributed by atoms with Gasteiger partial charge in [0.2, 0.25) is 11.8 Å². The average molecular weight is 516 g/mol. The lowest BCUT2D eigenvalue weighted by molar-refractivity contribution is -0.146. The third-order valence-electron chi connectivity index (χ3n) is 7.36. The molecule has 2 heterocycles. The van der Waals surface area contributed by atoms with Gasteiger partial charge >= 0.3 is 0 Å². The lowest BCUT2D eigenvalue weighted by atomic mass is 9.98. The predicted molar refractivity (Wildman–Crippen MR) is 143 cm³/mol. The molecule has 2 aliphatic rings. The summed E-state index contributed by atoms with van der Waals surface area (Å²) >= 11 is 0. The van der Waals surface area contributed by atoms with Crippen LogP contribution in [0.15, 0.2) is 66.7 Å². The van der Waals surface area contributed by atoms with E-state index in [1.165, 1.54) is 17.0 Å². The molecule has 1 fully saturated rings. The first-order chi connectivity index (χ1) is 18.2. The fourth-order valence-electron chi connectivity index (χ4n) is 5.54. The van der Waals surface area contributed by atoms with E-state index in [1.54, 1.807) is 0 Å². The Labute approximate surface area is 223 Å². The zero-order valence-corrected chi connectivity index (χ0v) is 22.2. The monoisotopic (exact) mass is 515 g/mol. The molecule has 3 aromatic carbocycles. The Balaban J connectivity index is 1.19. The number of amides is 2. The van der Waals surface area contributed by atoms with Crippen LogP contribution in [0.3, 0.4) is 0 Å². The second-order valence-electron chi connectivity index (χ2n) is 11.1. The van der Waals surface area contributed by atoms with Crippen molar-refractivity contribution in [3.63, 3.8) is 0 Å². The summed E-state index contributed by atoms with van der Waals surface area (Å²) in [6.07, 6.45) is 3.00. The number of benzene rings is 3. The van der Waals surface area contributed by atoms with Gasteiger partial charge in [-0.05, 0) is 68.5 Å². The van der Waals surface area contributed by atoms with Gasteiger partial charge in [0.1, 0.15) is 29.5 Å². The van der Waals surface area contributed by atoms with Crippen LogP contribution in [0.2, 0.25) is 0 Å². The van der Waals surface area contributed by atoms with Crippen molar-refractivity contribution in [3.05, 3.63) is 94.8 Å². The zero-order chi connectivity index (χ0) is 26.9. The maximum Gasteiger partial charge on any atom is 0.232 e. The first-order valence-electron chi connectivity index (χ1n) is 13.3. The predicted octanol–water partition coefficient (Wildman–Crippen LogP) is 6.06. The molecule has 2 unspecified atom stereocenters. The van der Waals surface area contributed by atoms with Crippen LogP contribution in [0.25, 0.3) is 0 Å². The number of rotatable bonds is 8. The quantitative estimate of drug-likeness (QED) is 0.366. The number of carbonyl (C=O) groups excluding carboxylic acids is 2. The topological polar surface area (TPSA) is 55.8 Å². The second-order valence-corrected chi connectivity index (χ2v) is 11.1. The minimum Gasteiger partial charge on any atom is -0.489 e. The molecule has 38 heavy (non-hydrogen) atoms. The molecular formula is C32H34FNO4. The normalized spacial score (nSPS) is 18.7. The first kappa shape index (κ1) is 26.0. The maximum atomic E-state index is 14.1. The van der Waals surface area contributed by atoms with Crippen LogP contribution in [0.5, 0.6) is 11.5 Å². The Morgan fingerprint density at radius 3 is 2.58 bits per heavy atom. The molecule has 0 spiro atoms. The molecule has 198 valence electrons. The summed E-state index contributed by atoms with van der Waals surface area (Å²) in [5.41, 5.74) is 3.31. The van der Waals surface area contributed by atoms with E-state index in [-0.39, 0.29) is 41.8 Å². The van der Waals surface area contributed by atoms with Crippen molar-refractivity contribution in [2.45, 2.75) is 71.1 Å². The van der Waals surface area contributed by atoms with Crippen LogP contribution in [0.1, 0.15) is 55.9 Å². The van der Waals surface area contributed by atoms with Crippen LogP contribution in [0.4, 0.5) is 4.39 Å². The lowest BCUT2D eigenvalue weighted by Crippen LogP contribution is -2.43. The number of hydrogen-bond acceptors (Lipinski definition) is 4. The number of likely N-dealkylation sites (tertiary alicyclic amines) is 1. The fourth-order valence-corrected chi connectivity index (χ4v) is 5.54. The Hall–Kier alpha value is -3.67. The van der Waals surface area contributed by atoms with Crippen molar-refractivity contribution in [2.24, 2.45) is 5.92 Å². The minimum absolute atomic E-state index is 0.0808. The minimum atomic E-state index is -0.359. The van der Waals surface area contributed by atoms with Gasteiger partial charge in [-0.25, -0.2) is 4.39 Å². The molecule has 0 saturated carbocycles. The molecule has 0 bridgehead atoms. The summed E-state index contributed by atoms with van der Waals surface area (Å²) in [5.74, 6) is 0.556. The largest absolute Gasteiger partial charge is 0.489 e. The van der Waals surface area contributed by atoms with Crippen LogP contribution in [-0.2, 0) is 35.5 Å². The molecule has 0 N–H and O–H groups in total. The van der Waals surface area contributed by atoms with Gasteiger partial charge < -0.3 is 9.47 Å². The number of hydrogen-bond donors (Lipinski definition) is 0. The summed E-state index contributed by atoms with van der Waals surface area (Å²) in [4.78, 5) is 27.4. The van der Waals surface area contributed by atoms with Gasteiger partial charge in [0.25, 0.3) is 0 Å². The van der Waals surface area contributed by atoms with E-state index in [9.17, 15) is 14.0 Å². The van der Waals surface area contributed by atoms with Crippen LogP contribution in [-0.4, -0.2) is 28.4 Å². The average Bonchev–Trinajstić information content (AvgIpc) is 3.40. The van der Waals surface area contributed by atoms with Gasteiger partial charge in [-0.3, -0.25) is 14.5 Å². The summed E-state index contributed by atoms with van der Waals surface area (Å²) in [6, 6.07) is 20.5. The number of carbonyl (C=O) groups is 2. The van der Waals surface area contributed by atoms with E-state index in [0.29, 0.717) is 49.2 Å². The summed E-state index contributed by atoms with van der Waals surface area (Å²) in [5, 5.41) is 0. The molecule has 0 aromatic heterocycles. The maximum absolute atomic E-state index is 14.1. The number of fused-ring (bicyclic) bond motifs is 1. The Bertz CT molecular complexity index is 1320. The van der Waals surface area contributed by atoms with Crippen molar-refractivity contribution < 1.29 is 23.5 Å². The van der Waals surface area contributed by atoms with Gasteiger partial charge in [-0.15, -0.1) is 0 Å². The van der Waals surface area contributed by atoms with E-state index in [2.05, 4.69) is 0 Å². The zero-order valence-electron chi connectivity index (χ0n) is 22.2. The van der Waals surface area contributed by atoms with Gasteiger partial charge in [-0.2, -0.15) is 0 Å². The van der Waals surface area contributed by atoms with Gasteiger partial charge in [0.15, 0.2) is 0 Å². The Kier molecular flexibility index (Phi) is 7.24. The lowest BCUT2D eigenvalue weighted by Gasteiger charge is -2.26. The first-order valence-corrected chi connectivity index (χ1v) is 13.3. The smallest absolute Gasteiger partial charge is 0.232 e. The van der Waals surface area contributed by atoms with E-state index in [1.807, 2.05) is 75.4 Å². The molecule has 2 atom stereocenters. The SMILES string of the molecule is CC(Cc1ccc(OCc2cc(F)cc3c2OC(C)(C)C3)cc1)C(=O)N1C(=O)CCC1Cc1ccccc1. The third kappa shape index (κ3) is 5.74. The molecule has 6 heteroatoms. The van der Waals surface area contributed by atoms with E-state index in [0.717, 1.165) is 16.7 Å². The highest BCUT2D eigenvalue weighted by molar-refractivity contribution is 5.98. The molecule has 2 aliphatic heterocycles. The van der Waals surface area contributed by atoms with Gasteiger partial charge in [0.05, 0.1) is 0 Å². The number of halogens is 1. The highest BCUT2D eigenvalue weighted by Crippen LogP contribution is 2.38. The number of imide groups is 1. The molecule has 1 saturated heterocycles. The summed E-state index contributed by atoms with van der Waals surface area (Å²) < 4.78 is 26.1. The van der Waals surface area contributed by atoms with E-state index in [4.69, 9.17) is 9.47 Å². The third-order valence-corrected chi connectivity index (χ3v) is 7.36. The summed E-state index contributed by atoms with van der Waals surface area (Å²) in [7, 11) is 0. The Morgan fingerprint density at radius 1 is 1.11 bits per heavy atom. The van der Waals surface area contributed by atoms with Crippen molar-refractivity contribution in [1.82, 2.24) is 4.90 Å². The van der Waals surface area contributed by atoms with Crippen LogP contribution in [0, 0.1) is 11.7 Å². The van der Waals surface area contributed by atoms with E-state index < -0.39 is 0 Å². The summed E-state index contributed by atoms with van der Waals surface area (Å²) in [6.45, 7) is 6.06. The van der Waals surface area contributed by atoms with Gasteiger partial charge in [0, 0.05) is 35.9 Å². The number of ether oxygens (including phenoxy) is 2. The molecule has 5 rings (SSSR count). The van der Waals surface area contributed by atoms with Crippen LogP contribution >= 0.6 is 0 Å². The fraction of sp³-hybridized carbons (Fsp3) is 0.375. The highest BCUT2D eigenvalue weighted by Gasteiger charge is 2.37. The highest BCUT2D eigenvalue weighted by atomic mass is 19.1. The Morgan fingerprint density at radius 2 is 1.84 bits per heavy atom. The standard InChI is InChI=1S/C32H34FNO4/c1-21(31(36)34-27(11-14-29(34)35)16-22-7-5-4-6-8-22)15-23-9-12-28(13-10-23)37-20-25-18-26(33)17-24-19-32(2,3)38-30(24)25/h4-10,12-13,17-18,21,27H,11,14-16,19-20H2,1-3H3. The molecule has 5 nitrogen and oxygen atoms in total. The van der Waals surface area contributed by atoms with Crippen molar-refractivity contribution in [2.75, 3.05) is 0 Å². The molecular weight excluding hydrogens is 481 g/mol. The molecule has 0 aliphatic carbocycles. The van der Waals surface area contributed by atoms with Crippen molar-refractivity contribution in [3.8, 4) is 11.5 Å². The molecule has 3 aromatic rings. The van der Waals surface area contributed by atoms with Gasteiger partial charge in [-0.1, -0.05) is 49.4 Å². The van der Waals surface area contributed by atoms with E-state index >= 15 is 0 Å². The van der Waals surface area contributed by atoms with Crippen molar-refractivity contribution >= 4 is 11.8 Å².